The van der Waals surface area contributed by atoms with Gasteiger partial charge in [-0.25, -0.2) is 17.9 Å². The van der Waals surface area contributed by atoms with E-state index in [1.165, 1.54) is 36.6 Å². The first-order chi connectivity index (χ1) is 18.3. The zero-order valence-corrected chi connectivity index (χ0v) is 24.2. The highest BCUT2D eigenvalue weighted by Gasteiger charge is 2.35. The third-order valence-electron chi connectivity index (χ3n) is 6.03. The van der Waals surface area contributed by atoms with Crippen LogP contribution in [0, 0.1) is 6.92 Å². The van der Waals surface area contributed by atoms with Gasteiger partial charge in [0.2, 0.25) is 10.0 Å². The Morgan fingerprint density at radius 3 is 2.26 bits per heavy atom. The number of H-pyrrole nitrogens is 1. The van der Waals surface area contributed by atoms with E-state index in [0.29, 0.717) is 35.8 Å². The van der Waals surface area contributed by atoms with Gasteiger partial charge in [-0.15, -0.1) is 5.10 Å². The fourth-order valence-corrected chi connectivity index (χ4v) is 6.30. The maximum atomic E-state index is 14.0. The summed E-state index contributed by atoms with van der Waals surface area (Å²) in [6.45, 7) is 12.0. The summed E-state index contributed by atoms with van der Waals surface area (Å²) in [6, 6.07) is 4.31. The van der Waals surface area contributed by atoms with Crippen molar-refractivity contribution in [2.75, 3.05) is 6.61 Å². The molecule has 0 fully saturated rings. The average molecular weight is 566 g/mol. The molecule has 4 unspecified atom stereocenters. The molecule has 0 saturated carbocycles. The van der Waals surface area contributed by atoms with Crippen molar-refractivity contribution in [2.24, 2.45) is 0 Å². The molecule has 5 N–H and O–H groups in total. The SMILES string of the molecule is CCCc1nc(C)c2c(=O)[nH]c(-c3cc(S(=O)(=O)N(C(C)NC(C)O)C(C)NC(C)O)ccc3OCC)nn12. The molecule has 39 heavy (non-hydrogen) atoms. The van der Waals surface area contributed by atoms with Crippen molar-refractivity contribution in [3.05, 3.63) is 40.1 Å². The maximum absolute atomic E-state index is 14.0. The standard InChI is InChI=1S/C25H39N7O6S/c1-8-10-22-26-14(3)23-25(35)29-24(30-31(22)23)20-13-19(11-12-21(20)38-9-2)39(36,37)32(15(4)27-17(6)33)16(5)28-18(7)34/h11-13,15-18,27-28,33-34H,8-10H2,1-7H3,(H,29,30,35). The first kappa shape index (κ1) is 30.7. The summed E-state index contributed by atoms with van der Waals surface area (Å²) in [5.74, 6) is 1.09. The van der Waals surface area contributed by atoms with Crippen LogP contribution in [-0.2, 0) is 16.4 Å². The summed E-state index contributed by atoms with van der Waals surface area (Å²) in [4.78, 5) is 20.2. The zero-order chi connectivity index (χ0) is 29.1. The Labute approximate surface area is 228 Å². The average Bonchev–Trinajstić information content (AvgIpc) is 3.14. The lowest BCUT2D eigenvalue weighted by Crippen LogP contribution is -2.58. The lowest BCUT2D eigenvalue weighted by atomic mass is 10.2. The molecule has 0 amide bonds. The van der Waals surface area contributed by atoms with Crippen LogP contribution in [0.2, 0.25) is 0 Å². The van der Waals surface area contributed by atoms with Crippen LogP contribution in [0.3, 0.4) is 0 Å². The first-order valence-corrected chi connectivity index (χ1v) is 14.4. The Kier molecular flexibility index (Phi) is 9.85. The van der Waals surface area contributed by atoms with Gasteiger partial charge in [-0.3, -0.25) is 15.4 Å². The Hall–Kier alpha value is -2.88. The molecule has 13 nitrogen and oxygen atoms in total. The largest absolute Gasteiger partial charge is 0.493 e. The van der Waals surface area contributed by atoms with E-state index in [9.17, 15) is 23.4 Å². The second-order valence-electron chi connectivity index (χ2n) is 9.39. The molecular formula is C25H39N7O6S. The number of aliphatic hydroxyl groups excluding tert-OH is 2. The van der Waals surface area contributed by atoms with Crippen LogP contribution in [0.1, 0.15) is 59.5 Å². The summed E-state index contributed by atoms with van der Waals surface area (Å²) in [5, 5.41) is 29.9. The monoisotopic (exact) mass is 565 g/mol. The van der Waals surface area contributed by atoms with Crippen molar-refractivity contribution >= 4 is 15.5 Å². The molecule has 0 bridgehead atoms. The summed E-state index contributed by atoms with van der Waals surface area (Å²) >= 11 is 0. The molecular weight excluding hydrogens is 526 g/mol. The number of hydrogen-bond acceptors (Lipinski definition) is 10. The van der Waals surface area contributed by atoms with E-state index in [4.69, 9.17) is 4.74 Å². The van der Waals surface area contributed by atoms with Crippen LogP contribution in [0.25, 0.3) is 16.9 Å². The van der Waals surface area contributed by atoms with E-state index >= 15 is 0 Å². The fraction of sp³-hybridized carbons (Fsp3) is 0.560. The molecule has 0 spiro atoms. The lowest BCUT2D eigenvalue weighted by molar-refractivity contribution is 0.0732. The fourth-order valence-electron chi connectivity index (χ4n) is 4.60. The van der Waals surface area contributed by atoms with Gasteiger partial charge < -0.3 is 19.9 Å². The van der Waals surface area contributed by atoms with Crippen LogP contribution in [0.4, 0.5) is 0 Å². The number of fused-ring (bicyclic) bond motifs is 1. The topological polar surface area (TPSA) is 174 Å². The van der Waals surface area contributed by atoms with Crippen LogP contribution in [-0.4, -0.2) is 73.9 Å². The van der Waals surface area contributed by atoms with Gasteiger partial charge >= 0.3 is 0 Å². The van der Waals surface area contributed by atoms with Crippen molar-refractivity contribution < 1.29 is 23.4 Å². The number of aromatic nitrogens is 4. The summed E-state index contributed by atoms with van der Waals surface area (Å²) in [7, 11) is -4.23. The number of aromatic amines is 1. The lowest BCUT2D eigenvalue weighted by Gasteiger charge is -2.35. The van der Waals surface area contributed by atoms with Crippen LogP contribution >= 0.6 is 0 Å². The number of aliphatic hydroxyl groups is 2. The van der Waals surface area contributed by atoms with Crippen molar-refractivity contribution in [3.63, 3.8) is 0 Å². The molecule has 0 aliphatic heterocycles. The zero-order valence-electron chi connectivity index (χ0n) is 23.4. The van der Waals surface area contributed by atoms with Gasteiger partial charge in [-0.2, -0.15) is 4.31 Å². The van der Waals surface area contributed by atoms with Crippen molar-refractivity contribution in [1.82, 2.24) is 34.5 Å². The number of nitrogens with one attached hydrogen (secondary N) is 3. The van der Waals surface area contributed by atoms with Crippen molar-refractivity contribution in [1.29, 1.82) is 0 Å². The minimum Gasteiger partial charge on any atom is -0.493 e. The summed E-state index contributed by atoms with van der Waals surface area (Å²) in [5.41, 5.74) is 0.744. The summed E-state index contributed by atoms with van der Waals surface area (Å²) < 4.78 is 36.4. The van der Waals surface area contributed by atoms with Gasteiger partial charge in [0.25, 0.3) is 5.56 Å². The number of hydrogen-bond donors (Lipinski definition) is 5. The first-order valence-electron chi connectivity index (χ1n) is 13.0. The second-order valence-corrected chi connectivity index (χ2v) is 11.2. The molecule has 2 heterocycles. The smallest absolute Gasteiger partial charge is 0.277 e. The number of sulfonamides is 1. The van der Waals surface area contributed by atoms with E-state index < -0.39 is 40.4 Å². The normalized spacial score (nSPS) is 15.4. The molecule has 3 rings (SSSR count). The quantitative estimate of drug-likeness (QED) is 0.190. The molecule has 2 aromatic heterocycles. The minimum atomic E-state index is -4.23. The van der Waals surface area contributed by atoms with E-state index in [-0.39, 0.29) is 16.3 Å². The van der Waals surface area contributed by atoms with Gasteiger partial charge in [-0.05, 0) is 66.2 Å². The van der Waals surface area contributed by atoms with Gasteiger partial charge in [-0.1, -0.05) is 6.92 Å². The Bertz CT molecular complexity index is 1440. The van der Waals surface area contributed by atoms with E-state index in [1.807, 2.05) is 6.92 Å². The molecule has 0 radical (unpaired) electrons. The number of ether oxygens (including phenoxy) is 1. The van der Waals surface area contributed by atoms with E-state index in [0.717, 1.165) is 10.7 Å². The highest BCUT2D eigenvalue weighted by atomic mass is 32.2. The molecule has 1 aromatic carbocycles. The second kappa shape index (κ2) is 12.5. The molecule has 0 aliphatic rings. The van der Waals surface area contributed by atoms with Gasteiger partial charge in [0, 0.05) is 6.42 Å². The predicted molar refractivity (Wildman–Crippen MR) is 147 cm³/mol. The molecule has 0 aliphatic carbocycles. The van der Waals surface area contributed by atoms with Gasteiger partial charge in [0.15, 0.2) is 11.3 Å². The number of rotatable bonds is 13. The molecule has 14 heteroatoms. The van der Waals surface area contributed by atoms with E-state index in [1.54, 1.807) is 27.7 Å². The van der Waals surface area contributed by atoms with Gasteiger partial charge in [0.05, 0.1) is 35.1 Å². The molecule has 3 aromatic rings. The molecule has 216 valence electrons. The number of benzene rings is 1. The third-order valence-corrected chi connectivity index (χ3v) is 8.06. The maximum Gasteiger partial charge on any atom is 0.277 e. The minimum absolute atomic E-state index is 0.0993. The van der Waals surface area contributed by atoms with Crippen molar-refractivity contribution in [2.45, 2.75) is 91.0 Å². The van der Waals surface area contributed by atoms with E-state index in [2.05, 4.69) is 25.7 Å². The number of aryl methyl sites for hydroxylation is 2. The van der Waals surface area contributed by atoms with Crippen LogP contribution in [0.5, 0.6) is 5.75 Å². The Balaban J connectivity index is 2.22. The number of nitrogens with zero attached hydrogens (tertiary/aromatic N) is 4. The van der Waals surface area contributed by atoms with Crippen LogP contribution in [0.15, 0.2) is 27.9 Å². The highest BCUT2D eigenvalue weighted by molar-refractivity contribution is 7.89. The number of imidazole rings is 1. The molecule has 4 atom stereocenters. The predicted octanol–water partition coefficient (Wildman–Crippen LogP) is 1.28. The highest BCUT2D eigenvalue weighted by Crippen LogP contribution is 2.32. The van der Waals surface area contributed by atoms with Gasteiger partial charge in [0.1, 0.15) is 24.0 Å². The molecule has 0 saturated heterocycles. The summed E-state index contributed by atoms with van der Waals surface area (Å²) in [6.07, 6.45) is -2.30. The third kappa shape index (κ3) is 6.65. The van der Waals surface area contributed by atoms with Crippen molar-refractivity contribution in [3.8, 4) is 17.1 Å². The van der Waals surface area contributed by atoms with Crippen LogP contribution < -0.4 is 20.9 Å². The Morgan fingerprint density at radius 1 is 1.10 bits per heavy atom. The Morgan fingerprint density at radius 2 is 1.72 bits per heavy atom.